The molecule has 4 rings (SSSR count). The van der Waals surface area contributed by atoms with E-state index >= 15 is 0 Å². The van der Waals surface area contributed by atoms with Gasteiger partial charge in [0.1, 0.15) is 0 Å². The zero-order valence-electron chi connectivity index (χ0n) is 11.2. The lowest BCUT2D eigenvalue weighted by molar-refractivity contribution is 1.14. The van der Waals surface area contributed by atoms with E-state index in [-0.39, 0.29) is 0 Å². The highest BCUT2D eigenvalue weighted by atomic mass is 35.5. The predicted octanol–water partition coefficient (Wildman–Crippen LogP) is 5.45. The van der Waals surface area contributed by atoms with Gasteiger partial charge in [-0.25, -0.2) is 0 Å². The lowest BCUT2D eigenvalue weighted by atomic mass is 9.90. The Hall–Kier alpha value is -1.99. The molecule has 1 N–H and O–H groups in total. The molecule has 3 aromatic carbocycles. The van der Waals surface area contributed by atoms with Crippen LogP contribution in [0.15, 0.2) is 48.5 Å². The van der Waals surface area contributed by atoms with E-state index in [9.17, 15) is 0 Å². The molecule has 0 saturated carbocycles. The molecule has 0 aliphatic carbocycles. The van der Waals surface area contributed by atoms with Crippen molar-refractivity contribution >= 4 is 33.7 Å². The molecule has 1 nitrogen and oxygen atoms in total. The molecule has 0 saturated heterocycles. The highest BCUT2D eigenvalue weighted by molar-refractivity contribution is 6.31. The molecule has 98 valence electrons. The SMILES string of the molecule is Cc1cc(Cl)cc2c1Cc1c(ccc3ccccc13)N2. The second-order valence-electron chi connectivity index (χ2n) is 5.36. The average molecular weight is 280 g/mol. The van der Waals surface area contributed by atoms with Gasteiger partial charge in [-0.1, -0.05) is 41.9 Å². The topological polar surface area (TPSA) is 12.0 Å². The van der Waals surface area contributed by atoms with Crippen LogP contribution < -0.4 is 5.32 Å². The summed E-state index contributed by atoms with van der Waals surface area (Å²) in [6.07, 6.45) is 0.960. The minimum atomic E-state index is 0.790. The molecule has 3 aromatic rings. The first-order valence-electron chi connectivity index (χ1n) is 6.79. The Balaban J connectivity index is 1.96. The van der Waals surface area contributed by atoms with E-state index in [1.54, 1.807) is 0 Å². The van der Waals surface area contributed by atoms with E-state index in [0.717, 1.165) is 17.1 Å². The van der Waals surface area contributed by atoms with Crippen LogP contribution in [0.2, 0.25) is 5.02 Å². The number of hydrogen-bond acceptors (Lipinski definition) is 1. The van der Waals surface area contributed by atoms with Crippen molar-refractivity contribution in [2.24, 2.45) is 0 Å². The molecule has 1 aliphatic rings. The minimum absolute atomic E-state index is 0.790. The van der Waals surface area contributed by atoms with E-state index < -0.39 is 0 Å². The summed E-state index contributed by atoms with van der Waals surface area (Å²) in [5, 5.41) is 6.95. The molecule has 2 heteroatoms. The molecule has 0 bridgehead atoms. The van der Waals surface area contributed by atoms with Crippen LogP contribution in [-0.4, -0.2) is 0 Å². The molecular formula is C18H14ClN. The van der Waals surface area contributed by atoms with Crippen molar-refractivity contribution in [3.8, 4) is 0 Å². The maximum Gasteiger partial charge on any atom is 0.0437 e. The molecule has 1 aliphatic heterocycles. The van der Waals surface area contributed by atoms with Gasteiger partial charge in [-0.2, -0.15) is 0 Å². The number of hydrogen-bond donors (Lipinski definition) is 1. The third kappa shape index (κ3) is 1.70. The van der Waals surface area contributed by atoms with Crippen molar-refractivity contribution in [2.45, 2.75) is 13.3 Å². The Morgan fingerprint density at radius 3 is 2.70 bits per heavy atom. The Bertz CT molecular complexity index is 836. The number of halogens is 1. The fourth-order valence-electron chi connectivity index (χ4n) is 3.08. The van der Waals surface area contributed by atoms with E-state index in [4.69, 9.17) is 11.6 Å². The summed E-state index contributed by atoms with van der Waals surface area (Å²) in [5.74, 6) is 0. The van der Waals surface area contributed by atoms with E-state index in [1.807, 2.05) is 12.1 Å². The number of benzene rings is 3. The maximum atomic E-state index is 6.16. The van der Waals surface area contributed by atoms with E-state index in [2.05, 4.69) is 48.6 Å². The lowest BCUT2D eigenvalue weighted by Gasteiger charge is -2.24. The van der Waals surface area contributed by atoms with Gasteiger partial charge in [-0.05, 0) is 52.6 Å². The molecule has 0 spiro atoms. The molecule has 20 heavy (non-hydrogen) atoms. The largest absolute Gasteiger partial charge is 0.355 e. The van der Waals surface area contributed by atoms with Gasteiger partial charge in [0.2, 0.25) is 0 Å². The second kappa shape index (κ2) is 4.26. The average Bonchev–Trinajstić information content (AvgIpc) is 2.45. The fraction of sp³-hybridized carbons (Fsp3) is 0.111. The number of nitrogens with one attached hydrogen (secondary N) is 1. The monoisotopic (exact) mass is 279 g/mol. The minimum Gasteiger partial charge on any atom is -0.355 e. The van der Waals surface area contributed by atoms with Crippen molar-refractivity contribution in [3.63, 3.8) is 0 Å². The summed E-state index contributed by atoms with van der Waals surface area (Å²) in [5.41, 5.74) is 6.30. The predicted molar refractivity (Wildman–Crippen MR) is 86.2 cm³/mol. The first-order chi connectivity index (χ1) is 9.72. The van der Waals surface area contributed by atoms with Crippen LogP contribution in [0.5, 0.6) is 0 Å². The van der Waals surface area contributed by atoms with Crippen LogP contribution in [0.4, 0.5) is 11.4 Å². The number of rotatable bonds is 0. The van der Waals surface area contributed by atoms with Crippen molar-refractivity contribution in [1.29, 1.82) is 0 Å². The number of fused-ring (bicyclic) bond motifs is 4. The van der Waals surface area contributed by atoms with Crippen molar-refractivity contribution in [3.05, 3.63) is 70.2 Å². The van der Waals surface area contributed by atoms with Crippen LogP contribution in [-0.2, 0) is 6.42 Å². The second-order valence-corrected chi connectivity index (χ2v) is 5.80. The summed E-state index contributed by atoms with van der Waals surface area (Å²) >= 11 is 6.16. The van der Waals surface area contributed by atoms with Crippen LogP contribution >= 0.6 is 11.6 Å². The highest BCUT2D eigenvalue weighted by Gasteiger charge is 2.18. The van der Waals surface area contributed by atoms with Crippen LogP contribution in [0.25, 0.3) is 10.8 Å². The zero-order chi connectivity index (χ0) is 13.7. The van der Waals surface area contributed by atoms with Gasteiger partial charge in [0.15, 0.2) is 0 Å². The molecule has 0 unspecified atom stereocenters. The molecule has 0 aromatic heterocycles. The smallest absolute Gasteiger partial charge is 0.0437 e. The van der Waals surface area contributed by atoms with Gasteiger partial charge in [-0.15, -0.1) is 0 Å². The summed E-state index contributed by atoms with van der Waals surface area (Å²) in [7, 11) is 0. The number of aryl methyl sites for hydroxylation is 1. The third-order valence-corrected chi connectivity index (χ3v) is 4.32. The number of anilines is 2. The van der Waals surface area contributed by atoms with Gasteiger partial charge in [0.25, 0.3) is 0 Å². The van der Waals surface area contributed by atoms with Gasteiger partial charge >= 0.3 is 0 Å². The van der Waals surface area contributed by atoms with Crippen molar-refractivity contribution in [2.75, 3.05) is 5.32 Å². The molecule has 0 amide bonds. The quantitative estimate of drug-likeness (QED) is 0.451. The molecule has 1 heterocycles. The first-order valence-corrected chi connectivity index (χ1v) is 7.17. The molecular weight excluding hydrogens is 266 g/mol. The molecule has 0 fully saturated rings. The van der Waals surface area contributed by atoms with Gasteiger partial charge in [-0.3, -0.25) is 0 Å². The van der Waals surface area contributed by atoms with Crippen molar-refractivity contribution < 1.29 is 0 Å². The zero-order valence-corrected chi connectivity index (χ0v) is 12.0. The Morgan fingerprint density at radius 1 is 0.950 bits per heavy atom. The van der Waals surface area contributed by atoms with Crippen LogP contribution in [0.1, 0.15) is 16.7 Å². The Morgan fingerprint density at radius 2 is 1.80 bits per heavy atom. The first kappa shape index (κ1) is 11.8. The highest BCUT2D eigenvalue weighted by Crippen LogP contribution is 2.39. The Labute approximate surface area is 123 Å². The standard InChI is InChI=1S/C18H14ClN/c1-11-8-13(19)9-18-15(11)10-16-14-5-3-2-4-12(14)6-7-17(16)20-18/h2-9,20H,10H2,1H3. The van der Waals surface area contributed by atoms with Gasteiger partial charge in [0, 0.05) is 22.8 Å². The summed E-state index contributed by atoms with van der Waals surface area (Å²) < 4.78 is 0. The maximum absolute atomic E-state index is 6.16. The van der Waals surface area contributed by atoms with Gasteiger partial charge in [0.05, 0.1) is 0 Å². The molecule has 0 atom stereocenters. The van der Waals surface area contributed by atoms with Crippen molar-refractivity contribution in [1.82, 2.24) is 0 Å². The summed E-state index contributed by atoms with van der Waals surface area (Å²) in [6.45, 7) is 2.13. The van der Waals surface area contributed by atoms with E-state index in [1.165, 1.54) is 33.2 Å². The van der Waals surface area contributed by atoms with E-state index in [0.29, 0.717) is 0 Å². The third-order valence-electron chi connectivity index (χ3n) is 4.10. The lowest BCUT2D eigenvalue weighted by Crippen LogP contribution is -2.08. The normalized spacial score (nSPS) is 12.7. The summed E-state index contributed by atoms with van der Waals surface area (Å²) in [4.78, 5) is 0. The van der Waals surface area contributed by atoms with Gasteiger partial charge < -0.3 is 5.32 Å². The molecule has 0 radical (unpaired) electrons. The van der Waals surface area contributed by atoms with Crippen LogP contribution in [0, 0.1) is 6.92 Å². The Kier molecular flexibility index (Phi) is 2.51. The van der Waals surface area contributed by atoms with Crippen LogP contribution in [0.3, 0.4) is 0 Å². The summed E-state index contributed by atoms with van der Waals surface area (Å²) in [6, 6.07) is 16.9. The fourth-order valence-corrected chi connectivity index (χ4v) is 3.36.